The summed E-state index contributed by atoms with van der Waals surface area (Å²) in [6.07, 6.45) is 0.728. The molecule has 0 aliphatic heterocycles. The number of nitrogens with one attached hydrogen (secondary N) is 1. The molecule has 1 aromatic carbocycles. The first-order chi connectivity index (χ1) is 7.98. The van der Waals surface area contributed by atoms with Gasteiger partial charge >= 0.3 is 0 Å². The molecule has 0 heterocycles. The number of ether oxygens (including phenoxy) is 1. The molecule has 2 atom stereocenters. The minimum atomic E-state index is -0.538. The Kier molecular flexibility index (Phi) is 4.62. The largest absolute Gasteiger partial charge is 0.376 e. The number of halogens is 1. The molecule has 0 aliphatic rings. The van der Waals surface area contributed by atoms with Crippen molar-refractivity contribution in [2.45, 2.75) is 38.8 Å². The quantitative estimate of drug-likeness (QED) is 0.614. The van der Waals surface area contributed by atoms with Crippen molar-refractivity contribution in [1.29, 1.82) is 0 Å². The van der Waals surface area contributed by atoms with Gasteiger partial charge in [0.15, 0.2) is 0 Å². The lowest BCUT2D eigenvalue weighted by molar-refractivity contribution is -0.0309. The Labute approximate surface area is 102 Å². The topological polar surface area (TPSA) is 47.3 Å². The highest BCUT2D eigenvalue weighted by atomic mass is 19.1. The molecule has 0 spiro atoms. The van der Waals surface area contributed by atoms with Crippen molar-refractivity contribution >= 4 is 0 Å². The van der Waals surface area contributed by atoms with Crippen molar-refractivity contribution in [3.8, 4) is 0 Å². The fraction of sp³-hybridized carbons (Fsp3) is 0.538. The first-order valence-electron chi connectivity index (χ1n) is 5.75. The lowest BCUT2D eigenvalue weighted by Gasteiger charge is -2.35. The van der Waals surface area contributed by atoms with Gasteiger partial charge in [-0.1, -0.05) is 24.6 Å². The lowest BCUT2D eigenvalue weighted by Crippen LogP contribution is -2.46. The van der Waals surface area contributed by atoms with Crippen LogP contribution in [0, 0.1) is 12.7 Å². The first-order valence-corrected chi connectivity index (χ1v) is 5.75. The van der Waals surface area contributed by atoms with Crippen LogP contribution in [0.15, 0.2) is 18.2 Å². The smallest absolute Gasteiger partial charge is 0.128 e. The molecule has 0 aliphatic carbocycles. The summed E-state index contributed by atoms with van der Waals surface area (Å²) in [5.41, 5.74) is 3.66. The molecule has 0 amide bonds. The predicted octanol–water partition coefficient (Wildman–Crippen LogP) is 2.45. The zero-order chi connectivity index (χ0) is 13.1. The fourth-order valence-electron chi connectivity index (χ4n) is 1.95. The van der Waals surface area contributed by atoms with E-state index in [1.165, 1.54) is 6.07 Å². The maximum absolute atomic E-state index is 13.9. The monoisotopic (exact) mass is 240 g/mol. The Morgan fingerprint density at radius 2 is 2.18 bits per heavy atom. The molecule has 17 heavy (non-hydrogen) atoms. The standard InChI is InChI=1S/C13H21FN2O/c1-5-13(3,17-4)12(16-15)10-8-9(2)6-7-11(10)14/h6-8,12,16H,5,15H2,1-4H3. The van der Waals surface area contributed by atoms with E-state index in [2.05, 4.69) is 5.43 Å². The molecular weight excluding hydrogens is 219 g/mol. The van der Waals surface area contributed by atoms with Gasteiger partial charge in [0.25, 0.3) is 0 Å². The molecule has 0 fully saturated rings. The van der Waals surface area contributed by atoms with E-state index in [4.69, 9.17) is 10.6 Å². The fourth-order valence-corrected chi connectivity index (χ4v) is 1.95. The molecular formula is C13H21FN2O. The maximum Gasteiger partial charge on any atom is 0.128 e. The molecule has 2 unspecified atom stereocenters. The van der Waals surface area contributed by atoms with Gasteiger partial charge in [0.2, 0.25) is 0 Å². The van der Waals surface area contributed by atoms with E-state index in [0.717, 1.165) is 12.0 Å². The van der Waals surface area contributed by atoms with Crippen LogP contribution < -0.4 is 11.3 Å². The minimum absolute atomic E-state index is 0.268. The summed E-state index contributed by atoms with van der Waals surface area (Å²) in [6, 6.07) is 4.62. The van der Waals surface area contributed by atoms with E-state index in [1.807, 2.05) is 20.8 Å². The number of benzene rings is 1. The summed E-state index contributed by atoms with van der Waals surface area (Å²) < 4.78 is 19.3. The highest BCUT2D eigenvalue weighted by Crippen LogP contribution is 2.32. The second kappa shape index (κ2) is 5.58. The Morgan fingerprint density at radius 3 is 2.65 bits per heavy atom. The van der Waals surface area contributed by atoms with Crippen molar-refractivity contribution < 1.29 is 9.13 Å². The molecule has 3 N–H and O–H groups in total. The van der Waals surface area contributed by atoms with Gasteiger partial charge in [-0.05, 0) is 26.3 Å². The molecule has 96 valence electrons. The molecule has 1 rings (SSSR count). The maximum atomic E-state index is 13.9. The van der Waals surface area contributed by atoms with E-state index in [-0.39, 0.29) is 11.9 Å². The zero-order valence-corrected chi connectivity index (χ0v) is 10.9. The third-order valence-electron chi connectivity index (χ3n) is 3.41. The molecule has 0 saturated heterocycles. The number of rotatable bonds is 5. The van der Waals surface area contributed by atoms with Crippen LogP contribution >= 0.6 is 0 Å². The van der Waals surface area contributed by atoms with Crippen molar-refractivity contribution in [2.24, 2.45) is 5.84 Å². The SMILES string of the molecule is CCC(C)(OC)C(NN)c1cc(C)ccc1F. The third kappa shape index (κ3) is 2.83. The summed E-state index contributed by atoms with van der Waals surface area (Å²) in [5, 5.41) is 0. The number of hydrogen-bond donors (Lipinski definition) is 2. The van der Waals surface area contributed by atoms with Gasteiger partial charge in [0, 0.05) is 12.7 Å². The molecule has 1 aromatic rings. The van der Waals surface area contributed by atoms with E-state index in [0.29, 0.717) is 5.56 Å². The van der Waals surface area contributed by atoms with Crippen LogP contribution in [0.5, 0.6) is 0 Å². The van der Waals surface area contributed by atoms with E-state index < -0.39 is 5.60 Å². The van der Waals surface area contributed by atoms with Crippen LogP contribution in [0.3, 0.4) is 0 Å². The van der Waals surface area contributed by atoms with Gasteiger partial charge in [-0.15, -0.1) is 0 Å². The van der Waals surface area contributed by atoms with Crippen LogP contribution in [0.4, 0.5) is 4.39 Å². The Morgan fingerprint density at radius 1 is 1.53 bits per heavy atom. The van der Waals surface area contributed by atoms with Crippen LogP contribution in [0.25, 0.3) is 0 Å². The highest BCUT2D eigenvalue weighted by Gasteiger charge is 2.34. The number of methoxy groups -OCH3 is 1. The first kappa shape index (κ1) is 14.1. The molecule has 0 radical (unpaired) electrons. The Bertz CT molecular complexity index is 378. The van der Waals surface area contributed by atoms with Gasteiger partial charge in [-0.2, -0.15) is 0 Å². The second-order valence-electron chi connectivity index (χ2n) is 4.49. The summed E-state index contributed by atoms with van der Waals surface area (Å²) >= 11 is 0. The van der Waals surface area contributed by atoms with E-state index in [1.54, 1.807) is 19.2 Å². The normalized spacial score (nSPS) is 16.6. The van der Waals surface area contributed by atoms with Crippen LogP contribution in [0.2, 0.25) is 0 Å². The van der Waals surface area contributed by atoms with Gasteiger partial charge < -0.3 is 4.74 Å². The molecule has 0 aromatic heterocycles. The molecule has 4 heteroatoms. The number of hydrazine groups is 1. The van der Waals surface area contributed by atoms with Crippen molar-refractivity contribution in [1.82, 2.24) is 5.43 Å². The van der Waals surface area contributed by atoms with E-state index in [9.17, 15) is 4.39 Å². The van der Waals surface area contributed by atoms with Gasteiger partial charge in [0.1, 0.15) is 5.82 Å². The molecule has 0 saturated carbocycles. The summed E-state index contributed by atoms with van der Waals surface area (Å²) in [6.45, 7) is 5.83. The number of nitrogens with two attached hydrogens (primary N) is 1. The van der Waals surface area contributed by atoms with Crippen molar-refractivity contribution in [3.63, 3.8) is 0 Å². The lowest BCUT2D eigenvalue weighted by atomic mass is 9.87. The third-order valence-corrected chi connectivity index (χ3v) is 3.41. The Balaban J connectivity index is 3.21. The van der Waals surface area contributed by atoms with Gasteiger partial charge in [-0.3, -0.25) is 5.84 Å². The van der Waals surface area contributed by atoms with Crippen molar-refractivity contribution in [3.05, 3.63) is 35.1 Å². The molecule has 3 nitrogen and oxygen atoms in total. The number of aryl methyl sites for hydroxylation is 1. The average Bonchev–Trinajstić information content (AvgIpc) is 2.34. The Hall–Kier alpha value is -0.970. The zero-order valence-electron chi connectivity index (χ0n) is 10.9. The highest BCUT2D eigenvalue weighted by molar-refractivity contribution is 5.28. The van der Waals surface area contributed by atoms with Crippen LogP contribution in [0.1, 0.15) is 37.4 Å². The van der Waals surface area contributed by atoms with Crippen molar-refractivity contribution in [2.75, 3.05) is 7.11 Å². The average molecular weight is 240 g/mol. The summed E-state index contributed by atoms with van der Waals surface area (Å²) in [7, 11) is 1.61. The minimum Gasteiger partial charge on any atom is -0.376 e. The predicted molar refractivity (Wildman–Crippen MR) is 66.9 cm³/mol. The summed E-state index contributed by atoms with van der Waals surface area (Å²) in [4.78, 5) is 0. The van der Waals surface area contributed by atoms with Gasteiger partial charge in [0.05, 0.1) is 11.6 Å². The van der Waals surface area contributed by atoms with Crippen LogP contribution in [-0.4, -0.2) is 12.7 Å². The second-order valence-corrected chi connectivity index (χ2v) is 4.49. The number of hydrogen-bond acceptors (Lipinski definition) is 3. The van der Waals surface area contributed by atoms with Crippen LogP contribution in [-0.2, 0) is 4.74 Å². The van der Waals surface area contributed by atoms with Gasteiger partial charge in [-0.25, -0.2) is 9.82 Å². The molecule has 0 bridgehead atoms. The van der Waals surface area contributed by atoms with E-state index >= 15 is 0 Å². The summed E-state index contributed by atoms with van der Waals surface area (Å²) in [5.74, 6) is 5.30.